The molecular weight excluding hydrogens is 363 g/mol. The number of hydrogen-bond acceptors (Lipinski definition) is 3. The van der Waals surface area contributed by atoms with Gasteiger partial charge in [0.25, 0.3) is 5.91 Å². The largest absolute Gasteiger partial charge is 0.480 e. The third-order valence-corrected chi connectivity index (χ3v) is 4.06. The van der Waals surface area contributed by atoms with Crippen LogP contribution in [0.5, 0.6) is 0 Å². The van der Waals surface area contributed by atoms with E-state index in [-0.39, 0.29) is 17.9 Å². The van der Waals surface area contributed by atoms with Gasteiger partial charge in [-0.15, -0.1) is 0 Å². The summed E-state index contributed by atoms with van der Waals surface area (Å²) in [7, 11) is 0. The molecule has 0 spiro atoms. The summed E-state index contributed by atoms with van der Waals surface area (Å²) in [5.74, 6) is -2.29. The minimum Gasteiger partial charge on any atom is -0.480 e. The molecule has 6 nitrogen and oxygen atoms in total. The summed E-state index contributed by atoms with van der Waals surface area (Å²) in [5.41, 5.74) is 1.26. The van der Waals surface area contributed by atoms with Crippen LogP contribution >= 0.6 is 0 Å². The van der Waals surface area contributed by atoms with Gasteiger partial charge >= 0.3 is 5.97 Å². The fourth-order valence-corrected chi connectivity index (χ4v) is 2.70. The molecule has 2 aromatic rings. The molecule has 0 heterocycles. The van der Waals surface area contributed by atoms with E-state index < -0.39 is 29.6 Å². The molecule has 148 valence electrons. The third kappa shape index (κ3) is 6.19. The first-order valence-electron chi connectivity index (χ1n) is 8.93. The highest BCUT2D eigenvalue weighted by atomic mass is 19.1. The number of carboxylic acid groups (broad SMARTS) is 1. The van der Waals surface area contributed by atoms with E-state index in [1.165, 1.54) is 24.3 Å². The number of nitrogens with one attached hydrogen (secondary N) is 2. The fourth-order valence-electron chi connectivity index (χ4n) is 2.70. The Kier molecular flexibility index (Phi) is 7.26. The number of carbonyl (C=O) groups is 3. The molecule has 28 heavy (non-hydrogen) atoms. The van der Waals surface area contributed by atoms with Gasteiger partial charge in [-0.25, -0.2) is 9.18 Å². The molecule has 2 aromatic carbocycles. The van der Waals surface area contributed by atoms with Crippen molar-refractivity contribution in [3.63, 3.8) is 0 Å². The monoisotopic (exact) mass is 386 g/mol. The molecule has 2 amide bonds. The number of benzene rings is 2. The summed E-state index contributed by atoms with van der Waals surface area (Å²) in [6.07, 6.45) is 0.242. The van der Waals surface area contributed by atoms with Gasteiger partial charge in [0, 0.05) is 11.3 Å². The highest BCUT2D eigenvalue weighted by molar-refractivity contribution is 6.05. The SMILES string of the molecule is CC(C)CC(NC(=O)Cc1ccccc1NC(=O)c1ccc(F)cc1)C(=O)O. The van der Waals surface area contributed by atoms with E-state index in [0.29, 0.717) is 17.7 Å². The summed E-state index contributed by atoms with van der Waals surface area (Å²) in [6, 6.07) is 10.9. The predicted molar refractivity (Wildman–Crippen MR) is 104 cm³/mol. The first-order chi connectivity index (χ1) is 13.3. The van der Waals surface area contributed by atoms with E-state index >= 15 is 0 Å². The third-order valence-electron chi connectivity index (χ3n) is 4.06. The number of rotatable bonds is 8. The standard InChI is InChI=1S/C21H23FN2O4/c1-13(2)11-18(21(27)28)23-19(25)12-15-5-3-4-6-17(15)24-20(26)14-7-9-16(22)10-8-14/h3-10,13,18H,11-12H2,1-2H3,(H,23,25)(H,24,26)(H,27,28). The lowest BCUT2D eigenvalue weighted by Gasteiger charge is -2.17. The topological polar surface area (TPSA) is 95.5 Å². The minimum atomic E-state index is -1.08. The van der Waals surface area contributed by atoms with E-state index in [4.69, 9.17) is 0 Å². The zero-order valence-electron chi connectivity index (χ0n) is 15.7. The van der Waals surface area contributed by atoms with Gasteiger partial charge in [0.1, 0.15) is 11.9 Å². The first kappa shape index (κ1) is 21.1. The summed E-state index contributed by atoms with van der Waals surface area (Å²) >= 11 is 0. The van der Waals surface area contributed by atoms with Crippen LogP contribution in [0.4, 0.5) is 10.1 Å². The van der Waals surface area contributed by atoms with Gasteiger partial charge in [-0.05, 0) is 48.2 Å². The highest BCUT2D eigenvalue weighted by Crippen LogP contribution is 2.17. The van der Waals surface area contributed by atoms with Crippen molar-refractivity contribution < 1.29 is 23.9 Å². The van der Waals surface area contributed by atoms with Crippen LogP contribution in [0, 0.1) is 11.7 Å². The Morgan fingerprint density at radius 2 is 1.68 bits per heavy atom. The van der Waals surface area contributed by atoms with Crippen molar-refractivity contribution in [2.75, 3.05) is 5.32 Å². The Morgan fingerprint density at radius 1 is 1.04 bits per heavy atom. The van der Waals surface area contributed by atoms with Gasteiger partial charge in [-0.3, -0.25) is 9.59 Å². The molecule has 0 saturated heterocycles. The molecular formula is C21H23FN2O4. The lowest BCUT2D eigenvalue weighted by atomic mass is 10.0. The summed E-state index contributed by atoms with van der Waals surface area (Å²) in [4.78, 5) is 36.0. The van der Waals surface area contributed by atoms with Crippen LogP contribution in [-0.4, -0.2) is 28.9 Å². The van der Waals surface area contributed by atoms with Crippen LogP contribution in [0.2, 0.25) is 0 Å². The smallest absolute Gasteiger partial charge is 0.326 e. The average molecular weight is 386 g/mol. The molecule has 1 atom stereocenters. The molecule has 0 aromatic heterocycles. The molecule has 0 aliphatic carbocycles. The number of aliphatic carboxylic acids is 1. The molecule has 0 aliphatic rings. The van der Waals surface area contributed by atoms with Crippen LogP contribution < -0.4 is 10.6 Å². The van der Waals surface area contributed by atoms with Gasteiger partial charge in [0.2, 0.25) is 5.91 Å². The number of anilines is 1. The van der Waals surface area contributed by atoms with Gasteiger partial charge in [-0.2, -0.15) is 0 Å². The second-order valence-corrected chi connectivity index (χ2v) is 6.88. The molecule has 3 N–H and O–H groups in total. The van der Waals surface area contributed by atoms with Crippen molar-refractivity contribution in [1.29, 1.82) is 0 Å². The Balaban J connectivity index is 2.08. The number of para-hydroxylation sites is 1. The average Bonchev–Trinajstić information content (AvgIpc) is 2.62. The van der Waals surface area contributed by atoms with Gasteiger partial charge < -0.3 is 15.7 Å². The molecule has 0 saturated carbocycles. The minimum absolute atomic E-state index is 0.0816. The molecule has 7 heteroatoms. The Hall–Kier alpha value is -3.22. The predicted octanol–water partition coefficient (Wildman–Crippen LogP) is 3.24. The summed E-state index contributed by atoms with van der Waals surface area (Å²) in [6.45, 7) is 3.75. The van der Waals surface area contributed by atoms with Gasteiger partial charge in [-0.1, -0.05) is 32.0 Å². The zero-order valence-corrected chi connectivity index (χ0v) is 15.7. The van der Waals surface area contributed by atoms with Crippen LogP contribution in [0.25, 0.3) is 0 Å². The van der Waals surface area contributed by atoms with Crippen molar-refractivity contribution in [1.82, 2.24) is 5.32 Å². The van der Waals surface area contributed by atoms with Gasteiger partial charge in [0.05, 0.1) is 6.42 Å². The molecule has 0 bridgehead atoms. The normalized spacial score (nSPS) is 11.7. The second kappa shape index (κ2) is 9.64. The fraction of sp³-hybridized carbons (Fsp3) is 0.286. The molecule has 0 fully saturated rings. The number of carbonyl (C=O) groups excluding carboxylic acids is 2. The Morgan fingerprint density at radius 3 is 2.29 bits per heavy atom. The Labute approximate surface area is 162 Å². The van der Waals surface area contributed by atoms with Crippen LogP contribution in [0.15, 0.2) is 48.5 Å². The number of amides is 2. The lowest BCUT2D eigenvalue weighted by Crippen LogP contribution is -2.42. The van der Waals surface area contributed by atoms with Crippen molar-refractivity contribution in [3.8, 4) is 0 Å². The Bertz CT molecular complexity index is 850. The van der Waals surface area contributed by atoms with Crippen LogP contribution in [0.1, 0.15) is 36.2 Å². The van der Waals surface area contributed by atoms with Gasteiger partial charge in [0.15, 0.2) is 0 Å². The van der Waals surface area contributed by atoms with E-state index in [1.807, 2.05) is 13.8 Å². The highest BCUT2D eigenvalue weighted by Gasteiger charge is 2.21. The number of halogens is 1. The van der Waals surface area contributed by atoms with E-state index in [1.54, 1.807) is 24.3 Å². The number of hydrogen-bond donors (Lipinski definition) is 3. The van der Waals surface area contributed by atoms with Crippen molar-refractivity contribution in [2.24, 2.45) is 5.92 Å². The van der Waals surface area contributed by atoms with Crippen LogP contribution in [-0.2, 0) is 16.0 Å². The summed E-state index contributed by atoms with van der Waals surface area (Å²) < 4.78 is 13.0. The molecule has 1 unspecified atom stereocenters. The van der Waals surface area contributed by atoms with Crippen molar-refractivity contribution in [3.05, 3.63) is 65.5 Å². The summed E-state index contributed by atoms with van der Waals surface area (Å²) in [5, 5.41) is 14.5. The molecule has 0 aliphatic heterocycles. The zero-order chi connectivity index (χ0) is 20.7. The van der Waals surface area contributed by atoms with E-state index in [2.05, 4.69) is 10.6 Å². The first-order valence-corrected chi connectivity index (χ1v) is 8.93. The maximum absolute atomic E-state index is 13.0. The molecule has 2 rings (SSSR count). The van der Waals surface area contributed by atoms with E-state index in [0.717, 1.165) is 0 Å². The molecule has 0 radical (unpaired) electrons. The van der Waals surface area contributed by atoms with Crippen molar-refractivity contribution in [2.45, 2.75) is 32.7 Å². The van der Waals surface area contributed by atoms with Crippen LogP contribution in [0.3, 0.4) is 0 Å². The van der Waals surface area contributed by atoms with Crippen molar-refractivity contribution >= 4 is 23.5 Å². The van der Waals surface area contributed by atoms with E-state index in [9.17, 15) is 23.9 Å². The maximum atomic E-state index is 13.0. The lowest BCUT2D eigenvalue weighted by molar-refractivity contribution is -0.142. The second-order valence-electron chi connectivity index (χ2n) is 6.88. The number of carboxylic acids is 1. The quantitative estimate of drug-likeness (QED) is 0.649. The maximum Gasteiger partial charge on any atom is 0.326 e.